The van der Waals surface area contributed by atoms with E-state index in [1.807, 2.05) is 25.9 Å². The summed E-state index contributed by atoms with van der Waals surface area (Å²) in [6, 6.07) is 0. The molecule has 0 fully saturated rings. The van der Waals surface area contributed by atoms with Gasteiger partial charge in [0.2, 0.25) is 5.91 Å². The molecule has 0 aromatic rings. The van der Waals surface area contributed by atoms with Crippen LogP contribution in [0.4, 0.5) is 0 Å². The largest absolute Gasteiger partial charge is 0.341 e. The summed E-state index contributed by atoms with van der Waals surface area (Å²) in [6.45, 7) is 4.47. The first-order valence-electron chi connectivity index (χ1n) is 4.24. The van der Waals surface area contributed by atoms with Crippen molar-refractivity contribution >= 4 is 5.91 Å². The van der Waals surface area contributed by atoms with Crippen LogP contribution in [0.15, 0.2) is 0 Å². The Labute approximate surface area is 74.3 Å². The highest BCUT2D eigenvalue weighted by Gasteiger charge is 2.08. The van der Waals surface area contributed by atoms with Gasteiger partial charge in [0, 0.05) is 19.6 Å². The fourth-order valence-corrected chi connectivity index (χ4v) is 0.909. The van der Waals surface area contributed by atoms with Crippen LogP contribution in [0.2, 0.25) is 0 Å². The summed E-state index contributed by atoms with van der Waals surface area (Å²) < 4.78 is 0. The summed E-state index contributed by atoms with van der Waals surface area (Å²) in [6.07, 6.45) is 0. The highest BCUT2D eigenvalue weighted by Crippen LogP contribution is 1.88. The van der Waals surface area contributed by atoms with Crippen molar-refractivity contribution in [3.8, 4) is 0 Å². The second kappa shape index (κ2) is 5.97. The first kappa shape index (κ1) is 11.4. The van der Waals surface area contributed by atoms with Gasteiger partial charge in [-0.2, -0.15) is 0 Å². The third kappa shape index (κ3) is 4.31. The lowest BCUT2D eigenvalue weighted by Gasteiger charge is -2.21. The summed E-state index contributed by atoms with van der Waals surface area (Å²) >= 11 is 0. The monoisotopic (exact) mass is 173 g/mol. The Kier molecular flexibility index (Phi) is 5.66. The molecule has 0 saturated heterocycles. The van der Waals surface area contributed by atoms with E-state index < -0.39 is 0 Å². The Morgan fingerprint density at radius 2 is 1.92 bits per heavy atom. The quantitative estimate of drug-likeness (QED) is 0.601. The van der Waals surface area contributed by atoms with E-state index in [2.05, 4.69) is 0 Å². The molecular formula is C8H19N3O. The van der Waals surface area contributed by atoms with Crippen LogP contribution in [0, 0.1) is 0 Å². The van der Waals surface area contributed by atoms with Gasteiger partial charge in [-0.25, -0.2) is 0 Å². The zero-order valence-corrected chi connectivity index (χ0v) is 8.21. The van der Waals surface area contributed by atoms with E-state index in [0.29, 0.717) is 0 Å². The Hall–Kier alpha value is -0.610. The molecule has 0 unspecified atom stereocenters. The molecule has 0 saturated carbocycles. The first-order chi connectivity index (χ1) is 5.61. The van der Waals surface area contributed by atoms with Gasteiger partial charge in [0.25, 0.3) is 0 Å². The molecule has 4 heteroatoms. The predicted octanol–water partition coefficient (Wildman–Crippen LogP) is -0.645. The predicted molar refractivity (Wildman–Crippen MR) is 49.9 cm³/mol. The Morgan fingerprint density at radius 1 is 1.33 bits per heavy atom. The normalized spacial score (nSPS) is 10.4. The number of nitrogens with zero attached hydrogens (tertiary/aromatic N) is 2. The Morgan fingerprint density at radius 3 is 2.25 bits per heavy atom. The minimum atomic E-state index is 0.0272. The van der Waals surface area contributed by atoms with Crippen molar-refractivity contribution in [3.05, 3.63) is 0 Å². The fraction of sp³-hybridized carbons (Fsp3) is 0.875. The molecule has 0 aliphatic heterocycles. The van der Waals surface area contributed by atoms with Gasteiger partial charge < -0.3 is 15.5 Å². The van der Waals surface area contributed by atoms with Crippen molar-refractivity contribution in [2.24, 2.45) is 5.73 Å². The van der Waals surface area contributed by atoms with Crippen LogP contribution in [0.5, 0.6) is 0 Å². The van der Waals surface area contributed by atoms with Crippen LogP contribution in [0.3, 0.4) is 0 Å². The molecule has 1 amide bonds. The Balaban J connectivity index is 3.75. The average molecular weight is 173 g/mol. The van der Waals surface area contributed by atoms with Gasteiger partial charge in [0.05, 0.1) is 6.54 Å². The molecule has 12 heavy (non-hydrogen) atoms. The van der Waals surface area contributed by atoms with E-state index in [0.717, 1.165) is 19.6 Å². The summed E-state index contributed by atoms with van der Waals surface area (Å²) in [4.78, 5) is 14.9. The van der Waals surface area contributed by atoms with Crippen molar-refractivity contribution in [3.63, 3.8) is 0 Å². The lowest BCUT2D eigenvalue weighted by molar-refractivity contribution is -0.129. The lowest BCUT2D eigenvalue weighted by atomic mass is 10.4. The van der Waals surface area contributed by atoms with Crippen molar-refractivity contribution < 1.29 is 4.79 Å². The second-order valence-corrected chi connectivity index (χ2v) is 2.98. The molecule has 0 aromatic heterocycles. The summed E-state index contributed by atoms with van der Waals surface area (Å²) in [5.74, 6) is 0.0272. The number of rotatable bonds is 5. The molecular weight excluding hydrogens is 154 g/mol. The maximum absolute atomic E-state index is 11.1. The number of nitrogens with two attached hydrogens (primary N) is 1. The molecule has 0 radical (unpaired) electrons. The van der Waals surface area contributed by atoms with Gasteiger partial charge in [0.15, 0.2) is 0 Å². The smallest absolute Gasteiger partial charge is 0.236 e. The van der Waals surface area contributed by atoms with Crippen LogP contribution in [0.25, 0.3) is 0 Å². The van der Waals surface area contributed by atoms with E-state index in [9.17, 15) is 4.79 Å². The Bertz CT molecular complexity index is 136. The maximum atomic E-state index is 11.1. The number of amides is 1. The molecule has 0 spiro atoms. The van der Waals surface area contributed by atoms with Crippen molar-refractivity contribution in [1.82, 2.24) is 9.80 Å². The molecule has 0 aliphatic carbocycles. The number of carbonyl (C=O) groups is 1. The van der Waals surface area contributed by atoms with E-state index in [-0.39, 0.29) is 12.5 Å². The van der Waals surface area contributed by atoms with Crippen LogP contribution in [-0.2, 0) is 4.79 Å². The number of hydrogen-bond donors (Lipinski definition) is 1. The van der Waals surface area contributed by atoms with E-state index in [1.165, 1.54) is 0 Å². The van der Waals surface area contributed by atoms with Gasteiger partial charge >= 0.3 is 0 Å². The molecule has 0 aliphatic rings. The molecule has 0 bridgehead atoms. The van der Waals surface area contributed by atoms with Gasteiger partial charge in [-0.05, 0) is 21.0 Å². The van der Waals surface area contributed by atoms with Crippen molar-refractivity contribution in [2.75, 3.05) is 40.3 Å². The number of likely N-dealkylation sites (N-methyl/N-ethyl adjacent to an activating group) is 2. The molecule has 2 N–H and O–H groups in total. The van der Waals surface area contributed by atoms with Crippen molar-refractivity contribution in [2.45, 2.75) is 6.92 Å². The van der Waals surface area contributed by atoms with E-state index in [1.54, 1.807) is 4.90 Å². The van der Waals surface area contributed by atoms with Gasteiger partial charge in [-0.15, -0.1) is 0 Å². The van der Waals surface area contributed by atoms with Crippen molar-refractivity contribution in [1.29, 1.82) is 0 Å². The topological polar surface area (TPSA) is 49.6 Å². The molecule has 72 valence electrons. The molecule has 0 heterocycles. The van der Waals surface area contributed by atoms with E-state index in [4.69, 9.17) is 5.73 Å². The second-order valence-electron chi connectivity index (χ2n) is 2.98. The zero-order chi connectivity index (χ0) is 9.56. The van der Waals surface area contributed by atoms with E-state index >= 15 is 0 Å². The standard InChI is InChI=1S/C8H19N3O/c1-4-11(8(12)7-9)6-5-10(2)3/h4-7,9H2,1-3H3. The third-order valence-electron chi connectivity index (χ3n) is 1.73. The number of hydrogen-bond acceptors (Lipinski definition) is 3. The molecule has 4 nitrogen and oxygen atoms in total. The number of carbonyl (C=O) groups excluding carboxylic acids is 1. The van der Waals surface area contributed by atoms with Gasteiger partial charge in [-0.3, -0.25) is 4.79 Å². The summed E-state index contributed by atoms with van der Waals surface area (Å²) in [5, 5.41) is 0. The minimum absolute atomic E-state index is 0.0272. The van der Waals surface area contributed by atoms with Crippen LogP contribution in [-0.4, -0.2) is 56.0 Å². The van der Waals surface area contributed by atoms with Crippen LogP contribution in [0.1, 0.15) is 6.92 Å². The molecule has 0 atom stereocenters. The zero-order valence-electron chi connectivity index (χ0n) is 8.21. The highest BCUT2D eigenvalue weighted by atomic mass is 16.2. The summed E-state index contributed by atoms with van der Waals surface area (Å²) in [7, 11) is 3.97. The minimum Gasteiger partial charge on any atom is -0.341 e. The highest BCUT2D eigenvalue weighted by molar-refractivity contribution is 5.77. The fourth-order valence-electron chi connectivity index (χ4n) is 0.909. The first-order valence-corrected chi connectivity index (χ1v) is 4.24. The SMILES string of the molecule is CCN(CCN(C)C)C(=O)CN. The summed E-state index contributed by atoms with van der Waals surface area (Å²) in [5.41, 5.74) is 5.25. The third-order valence-corrected chi connectivity index (χ3v) is 1.73. The molecule has 0 rings (SSSR count). The van der Waals surface area contributed by atoms with Crippen LogP contribution < -0.4 is 5.73 Å². The average Bonchev–Trinajstić information content (AvgIpc) is 2.04. The molecule has 0 aromatic carbocycles. The van der Waals surface area contributed by atoms with Gasteiger partial charge in [0.1, 0.15) is 0 Å². The lowest BCUT2D eigenvalue weighted by Crippen LogP contribution is -2.39. The van der Waals surface area contributed by atoms with Gasteiger partial charge in [-0.1, -0.05) is 0 Å². The maximum Gasteiger partial charge on any atom is 0.236 e. The van der Waals surface area contributed by atoms with Crippen LogP contribution >= 0.6 is 0 Å².